The third kappa shape index (κ3) is 6.44. The van der Waals surface area contributed by atoms with E-state index in [0.29, 0.717) is 11.1 Å². The van der Waals surface area contributed by atoms with Crippen LogP contribution in [0, 0.1) is 0 Å². The van der Waals surface area contributed by atoms with Crippen LogP contribution in [-0.4, -0.2) is 23.3 Å². The highest BCUT2D eigenvalue weighted by Gasteiger charge is 2.32. The minimum Gasteiger partial charge on any atom is -0.405 e. The van der Waals surface area contributed by atoms with Crippen LogP contribution in [0.15, 0.2) is 60.7 Å². The van der Waals surface area contributed by atoms with Crippen molar-refractivity contribution in [2.24, 2.45) is 0 Å². The lowest BCUT2D eigenvalue weighted by molar-refractivity contribution is -0.274. The van der Waals surface area contributed by atoms with Crippen LogP contribution >= 0.6 is 0 Å². The van der Waals surface area contributed by atoms with Gasteiger partial charge in [0.05, 0.1) is 5.56 Å². The largest absolute Gasteiger partial charge is 0.573 e. The Kier molecular flexibility index (Phi) is 6.51. The van der Waals surface area contributed by atoms with E-state index in [9.17, 15) is 22.8 Å². The van der Waals surface area contributed by atoms with Crippen LogP contribution < -0.4 is 10.2 Å². The molecule has 0 aromatic heterocycles. The lowest BCUT2D eigenvalue weighted by atomic mass is 10.1. The highest BCUT2D eigenvalue weighted by atomic mass is 19.4. The van der Waals surface area contributed by atoms with Gasteiger partial charge < -0.3 is 4.74 Å². The van der Waals surface area contributed by atoms with Gasteiger partial charge in [-0.3, -0.25) is 14.8 Å². The topological polar surface area (TPSA) is 75.6 Å². The number of allylic oxidation sites excluding steroid dienone is 1. The molecule has 0 unspecified atom stereocenters. The number of alkyl halides is 3. The molecule has 0 fully saturated rings. The number of ketones is 1. The van der Waals surface area contributed by atoms with Crippen molar-refractivity contribution in [2.75, 3.05) is 0 Å². The molecule has 2 aromatic rings. The minimum absolute atomic E-state index is 0.208. The van der Waals surface area contributed by atoms with Crippen molar-refractivity contribution >= 4 is 23.8 Å². The van der Waals surface area contributed by atoms with Gasteiger partial charge in [-0.15, -0.1) is 13.2 Å². The third-order valence-electron chi connectivity index (χ3n) is 3.28. The summed E-state index contributed by atoms with van der Waals surface area (Å²) in [5.41, 5.74) is 2.55. The van der Waals surface area contributed by atoms with Gasteiger partial charge >= 0.3 is 6.36 Å². The minimum atomic E-state index is -4.89. The summed E-state index contributed by atoms with van der Waals surface area (Å²) in [6.07, 6.45) is 0.292. The number of hydrogen-bond donors (Lipinski definition) is 2. The lowest BCUT2D eigenvalue weighted by Gasteiger charge is -2.11. The van der Waals surface area contributed by atoms with E-state index in [2.05, 4.69) is 4.74 Å². The van der Waals surface area contributed by atoms with Crippen LogP contribution in [-0.2, 0) is 4.79 Å². The molecule has 0 saturated carbocycles. The van der Waals surface area contributed by atoms with E-state index in [1.165, 1.54) is 35.8 Å². The molecule has 1 amide bonds. The van der Waals surface area contributed by atoms with Crippen molar-refractivity contribution in [2.45, 2.75) is 6.36 Å². The fourth-order valence-corrected chi connectivity index (χ4v) is 2.07. The number of rotatable bonds is 6. The van der Waals surface area contributed by atoms with Crippen molar-refractivity contribution in [3.8, 4) is 5.75 Å². The Morgan fingerprint density at radius 3 is 2.04 bits per heavy atom. The predicted octanol–water partition coefficient (Wildman–Crippen LogP) is 4.00. The maximum atomic E-state index is 12.4. The zero-order chi connectivity index (χ0) is 19.9. The number of ether oxygens (including phenoxy) is 1. The van der Waals surface area contributed by atoms with Gasteiger partial charge in [-0.2, -0.15) is 0 Å². The summed E-state index contributed by atoms with van der Waals surface area (Å²) in [5.74, 6) is -1.88. The van der Waals surface area contributed by atoms with Gasteiger partial charge in [-0.25, -0.2) is 5.48 Å². The molecule has 0 heterocycles. The zero-order valence-corrected chi connectivity index (χ0v) is 13.7. The number of hydrogen-bond acceptors (Lipinski definition) is 4. The van der Waals surface area contributed by atoms with Crippen LogP contribution in [0.4, 0.5) is 13.2 Å². The smallest absolute Gasteiger partial charge is 0.405 e. The molecule has 0 atom stereocenters. The van der Waals surface area contributed by atoms with Gasteiger partial charge in [0.15, 0.2) is 5.78 Å². The van der Waals surface area contributed by atoms with Gasteiger partial charge in [-0.05, 0) is 35.4 Å². The molecule has 2 rings (SSSR count). The van der Waals surface area contributed by atoms with Crippen LogP contribution in [0.25, 0.3) is 12.2 Å². The molecule has 2 aromatic carbocycles. The molecule has 2 N–H and O–H groups in total. The third-order valence-corrected chi connectivity index (χ3v) is 3.28. The van der Waals surface area contributed by atoms with E-state index < -0.39 is 23.8 Å². The van der Waals surface area contributed by atoms with Crippen molar-refractivity contribution in [3.63, 3.8) is 0 Å². The van der Waals surface area contributed by atoms with Gasteiger partial charge in [0.1, 0.15) is 5.75 Å². The number of carbonyl (C=O) groups is 2. The zero-order valence-electron chi connectivity index (χ0n) is 13.7. The first-order valence-corrected chi connectivity index (χ1v) is 7.58. The van der Waals surface area contributed by atoms with Crippen LogP contribution in [0.3, 0.4) is 0 Å². The van der Waals surface area contributed by atoms with Crippen LogP contribution in [0.5, 0.6) is 5.75 Å². The van der Waals surface area contributed by atoms with Gasteiger partial charge in [-0.1, -0.05) is 42.5 Å². The molecule has 0 saturated heterocycles. The molecule has 0 bridgehead atoms. The quantitative estimate of drug-likeness (QED) is 0.345. The molecule has 27 heavy (non-hydrogen) atoms. The summed E-state index contributed by atoms with van der Waals surface area (Å²) >= 11 is 0. The maximum Gasteiger partial charge on any atom is 0.573 e. The van der Waals surface area contributed by atoms with Crippen LogP contribution in [0.2, 0.25) is 0 Å². The lowest BCUT2D eigenvalue weighted by Crippen LogP contribution is -2.18. The second kappa shape index (κ2) is 8.81. The predicted molar refractivity (Wildman–Crippen MR) is 91.9 cm³/mol. The van der Waals surface area contributed by atoms with E-state index in [0.717, 1.165) is 18.2 Å². The van der Waals surface area contributed by atoms with Gasteiger partial charge in [0.25, 0.3) is 5.91 Å². The monoisotopic (exact) mass is 377 g/mol. The van der Waals surface area contributed by atoms with E-state index in [-0.39, 0.29) is 5.56 Å². The van der Waals surface area contributed by atoms with E-state index >= 15 is 0 Å². The molecule has 0 aliphatic carbocycles. The number of hydroxylamine groups is 1. The average Bonchev–Trinajstić information content (AvgIpc) is 2.64. The highest BCUT2D eigenvalue weighted by molar-refractivity contribution is 6.08. The Hall–Kier alpha value is -3.39. The van der Waals surface area contributed by atoms with Crippen molar-refractivity contribution < 1.29 is 32.7 Å². The van der Waals surface area contributed by atoms with Crippen molar-refractivity contribution in [3.05, 3.63) is 77.4 Å². The molecule has 0 spiro atoms. The normalized spacial score (nSPS) is 11.7. The first-order valence-electron chi connectivity index (χ1n) is 7.58. The molecular weight excluding hydrogens is 363 g/mol. The Labute approximate surface area is 152 Å². The summed E-state index contributed by atoms with van der Waals surface area (Å²) in [5, 5.41) is 8.39. The summed E-state index contributed by atoms with van der Waals surface area (Å²) < 4.78 is 41.1. The first-order chi connectivity index (χ1) is 12.8. The first kappa shape index (κ1) is 19.9. The number of carbonyl (C=O) groups excluding carboxylic acids is 2. The van der Waals surface area contributed by atoms with Crippen molar-refractivity contribution in [1.82, 2.24) is 5.48 Å². The number of benzene rings is 2. The summed E-state index contributed by atoms with van der Waals surface area (Å²) in [4.78, 5) is 23.1. The Morgan fingerprint density at radius 1 is 0.926 bits per heavy atom. The fraction of sp³-hybridized carbons (Fsp3) is 0.0526. The molecular formula is C19H14F3NO4. The number of para-hydroxylation sites is 1. The van der Waals surface area contributed by atoms with Gasteiger partial charge in [0.2, 0.25) is 0 Å². The average molecular weight is 377 g/mol. The number of amides is 1. The SMILES string of the molecule is O=C(C=Cc1ccc(C=CC(=O)c2ccccc2OC(F)(F)F)cc1)NO. The van der Waals surface area contributed by atoms with E-state index in [1.807, 2.05) is 0 Å². The Bertz CT molecular complexity index is 871. The Balaban J connectivity index is 2.11. The van der Waals surface area contributed by atoms with Crippen molar-refractivity contribution in [1.29, 1.82) is 0 Å². The molecule has 0 aliphatic heterocycles. The summed E-state index contributed by atoms with van der Waals surface area (Å²) in [7, 11) is 0. The summed E-state index contributed by atoms with van der Waals surface area (Å²) in [6.45, 7) is 0. The van der Waals surface area contributed by atoms with E-state index in [4.69, 9.17) is 5.21 Å². The summed E-state index contributed by atoms with van der Waals surface area (Å²) in [6, 6.07) is 11.7. The van der Waals surface area contributed by atoms with Crippen LogP contribution in [0.1, 0.15) is 21.5 Å². The van der Waals surface area contributed by atoms with E-state index in [1.54, 1.807) is 24.3 Å². The fourth-order valence-electron chi connectivity index (χ4n) is 2.07. The Morgan fingerprint density at radius 2 is 1.48 bits per heavy atom. The molecule has 8 heteroatoms. The molecule has 0 radical (unpaired) electrons. The molecule has 5 nitrogen and oxygen atoms in total. The molecule has 0 aliphatic rings. The highest BCUT2D eigenvalue weighted by Crippen LogP contribution is 2.26. The second-order valence-corrected chi connectivity index (χ2v) is 5.22. The second-order valence-electron chi connectivity index (χ2n) is 5.22. The number of halogens is 3. The maximum absolute atomic E-state index is 12.4. The standard InChI is InChI=1S/C19H14F3NO4/c20-19(21,22)27-17-4-2-1-3-15(17)16(24)11-9-13-5-7-14(8-6-13)10-12-18(25)23-26/h1-12,26H,(H,23,25). The van der Waals surface area contributed by atoms with Gasteiger partial charge in [0, 0.05) is 6.08 Å². The number of nitrogens with one attached hydrogen (secondary N) is 1. The molecule has 140 valence electrons.